The lowest BCUT2D eigenvalue weighted by Gasteiger charge is -2.23. The van der Waals surface area contributed by atoms with Crippen molar-refractivity contribution >= 4 is 11.6 Å². The molecule has 8 heteroatoms. The van der Waals surface area contributed by atoms with E-state index in [9.17, 15) is 14.4 Å². The number of hydrogen-bond acceptors (Lipinski definition) is 5. The van der Waals surface area contributed by atoms with Gasteiger partial charge in [-0.2, -0.15) is 0 Å². The Labute approximate surface area is 194 Å². The quantitative estimate of drug-likeness (QED) is 0.482. The number of aromatic nitrogens is 2. The molecule has 3 aromatic carbocycles. The Morgan fingerprint density at radius 1 is 0.882 bits per heavy atom. The van der Waals surface area contributed by atoms with Gasteiger partial charge in [-0.1, -0.05) is 54.6 Å². The van der Waals surface area contributed by atoms with E-state index in [0.29, 0.717) is 22.7 Å². The first-order valence-electron chi connectivity index (χ1n) is 10.7. The van der Waals surface area contributed by atoms with Crippen LogP contribution in [0.15, 0.2) is 94.6 Å². The summed E-state index contributed by atoms with van der Waals surface area (Å²) in [7, 11) is 0. The maximum absolute atomic E-state index is 13.6. The van der Waals surface area contributed by atoms with Crippen LogP contribution in [0.4, 0.5) is 5.69 Å². The van der Waals surface area contributed by atoms with Crippen LogP contribution in [0.2, 0.25) is 0 Å². The monoisotopic (exact) mass is 455 g/mol. The van der Waals surface area contributed by atoms with E-state index in [2.05, 4.69) is 4.98 Å². The highest BCUT2D eigenvalue weighted by molar-refractivity contribution is 6.05. The number of benzene rings is 3. The van der Waals surface area contributed by atoms with Crippen molar-refractivity contribution < 1.29 is 14.3 Å². The lowest BCUT2D eigenvalue weighted by atomic mass is 10.1. The van der Waals surface area contributed by atoms with Crippen LogP contribution in [-0.4, -0.2) is 22.3 Å². The van der Waals surface area contributed by atoms with Crippen molar-refractivity contribution in [3.05, 3.63) is 123 Å². The second kappa shape index (κ2) is 9.11. The fraction of sp³-hybridized carbons (Fsp3) is 0.115. The minimum absolute atomic E-state index is 0.0179. The van der Waals surface area contributed by atoms with Crippen molar-refractivity contribution in [2.24, 2.45) is 0 Å². The zero-order valence-corrected chi connectivity index (χ0v) is 18.1. The summed E-state index contributed by atoms with van der Waals surface area (Å²) in [5.74, 6) is 0.649. The molecule has 1 amide bonds. The molecule has 1 N–H and O–H groups in total. The number of nitrogens with zero attached hydrogens (tertiary/aromatic N) is 2. The smallest absolute Gasteiger partial charge is 0.328 e. The first kappa shape index (κ1) is 21.3. The summed E-state index contributed by atoms with van der Waals surface area (Å²) in [6, 6.07) is 23.8. The van der Waals surface area contributed by atoms with Crippen LogP contribution in [0.5, 0.6) is 11.5 Å². The molecular weight excluding hydrogens is 434 g/mol. The van der Waals surface area contributed by atoms with Gasteiger partial charge in [0.05, 0.1) is 13.1 Å². The molecule has 0 radical (unpaired) electrons. The second-order valence-corrected chi connectivity index (χ2v) is 7.80. The number of H-pyrrole nitrogens is 1. The van der Waals surface area contributed by atoms with E-state index in [-0.39, 0.29) is 25.4 Å². The van der Waals surface area contributed by atoms with Gasteiger partial charge in [0, 0.05) is 11.9 Å². The highest BCUT2D eigenvalue weighted by Crippen LogP contribution is 2.32. The van der Waals surface area contributed by atoms with Gasteiger partial charge in [-0.25, -0.2) is 4.79 Å². The van der Waals surface area contributed by atoms with Gasteiger partial charge in [-0.15, -0.1) is 0 Å². The number of anilines is 1. The summed E-state index contributed by atoms with van der Waals surface area (Å²) in [5, 5.41) is 0. The average Bonchev–Trinajstić information content (AvgIpc) is 3.34. The predicted octanol–water partition coefficient (Wildman–Crippen LogP) is 3.16. The van der Waals surface area contributed by atoms with Crippen LogP contribution in [-0.2, 0) is 13.1 Å². The molecule has 0 spiro atoms. The van der Waals surface area contributed by atoms with Gasteiger partial charge in [0.25, 0.3) is 11.5 Å². The first-order chi connectivity index (χ1) is 16.6. The fourth-order valence-corrected chi connectivity index (χ4v) is 3.83. The highest BCUT2D eigenvalue weighted by atomic mass is 16.7. The maximum atomic E-state index is 13.6. The third-order valence-corrected chi connectivity index (χ3v) is 5.57. The number of para-hydroxylation sites is 1. The van der Waals surface area contributed by atoms with E-state index in [1.807, 2.05) is 48.5 Å². The minimum Gasteiger partial charge on any atom is -0.454 e. The number of fused-ring (bicyclic) bond motifs is 1. The van der Waals surface area contributed by atoms with Crippen LogP contribution in [0, 0.1) is 0 Å². The molecule has 0 fully saturated rings. The summed E-state index contributed by atoms with van der Waals surface area (Å²) in [6.07, 6.45) is 1.18. The standard InChI is InChI=1S/C26H21N3O5/c30-24(28(20-9-5-2-6-10-20)15-18-7-3-1-4-8-18)21-14-27-26(32)29(25(21)31)16-19-11-12-22-23(13-19)34-17-33-22/h1-14H,15-17H2,(H,27,32). The van der Waals surface area contributed by atoms with Crippen LogP contribution in [0.1, 0.15) is 21.5 Å². The Balaban J connectivity index is 1.51. The third kappa shape index (κ3) is 4.21. The van der Waals surface area contributed by atoms with E-state index in [1.165, 1.54) is 11.1 Å². The Morgan fingerprint density at radius 2 is 1.59 bits per heavy atom. The Kier molecular flexibility index (Phi) is 5.70. The molecule has 2 heterocycles. The Morgan fingerprint density at radius 3 is 2.35 bits per heavy atom. The molecule has 1 aliphatic heterocycles. The number of carbonyl (C=O) groups is 1. The molecule has 170 valence electrons. The van der Waals surface area contributed by atoms with Crippen molar-refractivity contribution in [1.29, 1.82) is 0 Å². The summed E-state index contributed by atoms with van der Waals surface area (Å²) < 4.78 is 11.7. The van der Waals surface area contributed by atoms with Gasteiger partial charge < -0.3 is 19.4 Å². The van der Waals surface area contributed by atoms with E-state index < -0.39 is 17.2 Å². The number of ether oxygens (including phenoxy) is 2. The SMILES string of the molecule is O=C(c1c[nH]c(=O)n(Cc2ccc3c(c2)OCO3)c1=O)N(Cc1ccccc1)c1ccccc1. The molecule has 0 saturated heterocycles. The second-order valence-electron chi connectivity index (χ2n) is 7.80. The summed E-state index contributed by atoms with van der Waals surface area (Å²) in [6.45, 7) is 0.375. The minimum atomic E-state index is -0.666. The topological polar surface area (TPSA) is 93.6 Å². The lowest BCUT2D eigenvalue weighted by Crippen LogP contribution is -2.42. The van der Waals surface area contributed by atoms with Crippen molar-refractivity contribution in [2.45, 2.75) is 13.1 Å². The summed E-state index contributed by atoms with van der Waals surface area (Å²) in [4.78, 5) is 43.5. The maximum Gasteiger partial charge on any atom is 0.328 e. The molecule has 4 aromatic rings. The number of rotatable bonds is 6. The fourth-order valence-electron chi connectivity index (χ4n) is 3.83. The van der Waals surface area contributed by atoms with Crippen LogP contribution >= 0.6 is 0 Å². The van der Waals surface area contributed by atoms with E-state index >= 15 is 0 Å². The van der Waals surface area contributed by atoms with Gasteiger partial charge in [0.1, 0.15) is 5.56 Å². The molecule has 0 saturated carbocycles. The lowest BCUT2D eigenvalue weighted by molar-refractivity contribution is 0.0982. The van der Waals surface area contributed by atoms with E-state index in [1.54, 1.807) is 30.3 Å². The van der Waals surface area contributed by atoms with Gasteiger partial charge in [-0.3, -0.25) is 14.2 Å². The number of carbonyl (C=O) groups excluding carboxylic acids is 1. The molecule has 5 rings (SSSR count). The number of nitrogens with one attached hydrogen (secondary N) is 1. The normalized spacial score (nSPS) is 11.9. The molecule has 8 nitrogen and oxygen atoms in total. The van der Waals surface area contributed by atoms with Crippen molar-refractivity contribution in [2.75, 3.05) is 11.7 Å². The van der Waals surface area contributed by atoms with Crippen LogP contribution in [0.25, 0.3) is 0 Å². The van der Waals surface area contributed by atoms with Gasteiger partial charge in [0.2, 0.25) is 6.79 Å². The molecule has 0 unspecified atom stereocenters. The number of amides is 1. The Hall–Kier alpha value is -4.59. The van der Waals surface area contributed by atoms with Crippen molar-refractivity contribution in [1.82, 2.24) is 9.55 Å². The average molecular weight is 455 g/mol. The van der Waals surface area contributed by atoms with Crippen molar-refractivity contribution in [3.63, 3.8) is 0 Å². The summed E-state index contributed by atoms with van der Waals surface area (Å²) >= 11 is 0. The molecule has 34 heavy (non-hydrogen) atoms. The molecular formula is C26H21N3O5. The first-order valence-corrected chi connectivity index (χ1v) is 10.7. The zero-order chi connectivity index (χ0) is 23.5. The molecule has 0 atom stereocenters. The van der Waals surface area contributed by atoms with Gasteiger partial charge in [-0.05, 0) is 35.4 Å². The molecule has 1 aliphatic rings. The Bertz CT molecular complexity index is 1450. The molecule has 0 aliphatic carbocycles. The molecule has 0 bridgehead atoms. The highest BCUT2D eigenvalue weighted by Gasteiger charge is 2.23. The van der Waals surface area contributed by atoms with Crippen molar-refractivity contribution in [3.8, 4) is 11.5 Å². The zero-order valence-electron chi connectivity index (χ0n) is 18.1. The largest absolute Gasteiger partial charge is 0.454 e. The van der Waals surface area contributed by atoms with Crippen LogP contribution in [0.3, 0.4) is 0 Å². The van der Waals surface area contributed by atoms with Gasteiger partial charge >= 0.3 is 5.69 Å². The number of aromatic amines is 1. The van der Waals surface area contributed by atoms with Gasteiger partial charge in [0.15, 0.2) is 11.5 Å². The number of hydrogen-bond donors (Lipinski definition) is 1. The molecule has 1 aromatic heterocycles. The third-order valence-electron chi connectivity index (χ3n) is 5.57. The predicted molar refractivity (Wildman–Crippen MR) is 126 cm³/mol. The van der Waals surface area contributed by atoms with E-state index in [4.69, 9.17) is 9.47 Å². The van der Waals surface area contributed by atoms with E-state index in [0.717, 1.165) is 10.1 Å². The van der Waals surface area contributed by atoms with Crippen LogP contribution < -0.4 is 25.6 Å². The summed E-state index contributed by atoms with van der Waals surface area (Å²) in [5.41, 5.74) is 0.828.